The van der Waals surface area contributed by atoms with E-state index in [1.165, 1.54) is 10.9 Å². The van der Waals surface area contributed by atoms with E-state index in [-0.39, 0.29) is 6.04 Å². The van der Waals surface area contributed by atoms with Gasteiger partial charge in [-0.15, -0.1) is 11.3 Å². The predicted molar refractivity (Wildman–Crippen MR) is 65.3 cm³/mol. The zero-order valence-corrected chi connectivity index (χ0v) is 10.0. The van der Waals surface area contributed by atoms with Gasteiger partial charge in [-0.2, -0.15) is 4.39 Å². The lowest BCUT2D eigenvalue weighted by Gasteiger charge is -2.24. The highest BCUT2D eigenvalue weighted by Crippen LogP contribution is 2.26. The molecule has 0 N–H and O–H groups in total. The molecule has 1 unspecified atom stereocenters. The zero-order chi connectivity index (χ0) is 11.5. The minimum atomic E-state index is -0.442. The third kappa shape index (κ3) is 2.22. The Hall–Kier alpha value is -1.42. The highest BCUT2D eigenvalue weighted by atomic mass is 32.1. The second kappa shape index (κ2) is 4.61. The van der Waals surface area contributed by atoms with Crippen molar-refractivity contribution in [2.24, 2.45) is 0 Å². The van der Waals surface area contributed by atoms with Gasteiger partial charge < -0.3 is 4.90 Å². The Morgan fingerprint density at radius 3 is 2.75 bits per heavy atom. The van der Waals surface area contributed by atoms with Gasteiger partial charge in [-0.3, -0.25) is 0 Å². The molecule has 0 aliphatic heterocycles. The van der Waals surface area contributed by atoms with Crippen LogP contribution in [0, 0.1) is 5.95 Å². The van der Waals surface area contributed by atoms with E-state index in [1.807, 2.05) is 29.5 Å². The Bertz CT molecular complexity index is 456. The van der Waals surface area contributed by atoms with Gasteiger partial charge in [0.25, 0.3) is 0 Å². The number of anilines is 1. The number of hydrogen-bond acceptors (Lipinski definition) is 3. The lowest BCUT2D eigenvalue weighted by molar-refractivity contribution is 0.579. The van der Waals surface area contributed by atoms with Crippen molar-refractivity contribution in [1.29, 1.82) is 0 Å². The van der Waals surface area contributed by atoms with Crippen LogP contribution in [0.1, 0.15) is 17.8 Å². The molecule has 2 aromatic heterocycles. The third-order valence-electron chi connectivity index (χ3n) is 2.60. The van der Waals surface area contributed by atoms with Crippen molar-refractivity contribution >= 4 is 17.2 Å². The van der Waals surface area contributed by atoms with Gasteiger partial charge in [-0.25, -0.2) is 4.98 Å². The molecule has 16 heavy (non-hydrogen) atoms. The molecule has 0 radical (unpaired) electrons. The van der Waals surface area contributed by atoms with Gasteiger partial charge in [0.05, 0.1) is 6.04 Å². The molecule has 0 aliphatic carbocycles. The first kappa shape index (κ1) is 11.1. The summed E-state index contributed by atoms with van der Waals surface area (Å²) >= 11 is 1.70. The van der Waals surface area contributed by atoms with Gasteiger partial charge in [0.1, 0.15) is 5.82 Å². The van der Waals surface area contributed by atoms with Gasteiger partial charge in [-0.05, 0) is 30.5 Å². The highest BCUT2D eigenvalue weighted by Gasteiger charge is 2.14. The molecule has 2 nitrogen and oxygen atoms in total. The summed E-state index contributed by atoms with van der Waals surface area (Å²) in [4.78, 5) is 7.08. The SMILES string of the molecule is CC(c1cccs1)N(C)c1cccc(F)n1. The number of hydrogen-bond donors (Lipinski definition) is 0. The van der Waals surface area contributed by atoms with E-state index >= 15 is 0 Å². The molecule has 0 saturated carbocycles. The van der Waals surface area contributed by atoms with Gasteiger partial charge in [0, 0.05) is 11.9 Å². The summed E-state index contributed by atoms with van der Waals surface area (Å²) in [6.07, 6.45) is 0. The minimum absolute atomic E-state index is 0.203. The smallest absolute Gasteiger partial charge is 0.214 e. The number of halogens is 1. The Labute approximate surface area is 98.4 Å². The Morgan fingerprint density at radius 1 is 1.31 bits per heavy atom. The molecule has 84 valence electrons. The topological polar surface area (TPSA) is 16.1 Å². The van der Waals surface area contributed by atoms with E-state index in [2.05, 4.69) is 18.0 Å². The second-order valence-electron chi connectivity index (χ2n) is 3.62. The van der Waals surface area contributed by atoms with Crippen LogP contribution < -0.4 is 4.90 Å². The Balaban J connectivity index is 2.22. The van der Waals surface area contributed by atoms with Gasteiger partial charge >= 0.3 is 0 Å². The molecule has 2 heterocycles. The lowest BCUT2D eigenvalue weighted by Crippen LogP contribution is -2.22. The number of rotatable bonds is 3. The van der Waals surface area contributed by atoms with Crippen molar-refractivity contribution < 1.29 is 4.39 Å². The van der Waals surface area contributed by atoms with Gasteiger partial charge in [0.15, 0.2) is 0 Å². The van der Waals surface area contributed by atoms with E-state index < -0.39 is 5.95 Å². The summed E-state index contributed by atoms with van der Waals surface area (Å²) in [5, 5.41) is 2.04. The molecule has 0 spiro atoms. The molecule has 1 atom stereocenters. The standard InChI is InChI=1S/C12H13FN2S/c1-9(10-5-4-8-16-10)15(2)12-7-3-6-11(13)14-12/h3-9H,1-2H3. The molecule has 0 fully saturated rings. The average molecular weight is 236 g/mol. The van der Waals surface area contributed by atoms with Crippen LogP contribution in [-0.4, -0.2) is 12.0 Å². The molecule has 0 aromatic carbocycles. The summed E-state index contributed by atoms with van der Waals surface area (Å²) in [5.41, 5.74) is 0. The monoisotopic (exact) mass is 236 g/mol. The average Bonchev–Trinajstić information content (AvgIpc) is 2.80. The van der Waals surface area contributed by atoms with Crippen molar-refractivity contribution in [2.45, 2.75) is 13.0 Å². The van der Waals surface area contributed by atoms with Crippen LogP contribution in [0.5, 0.6) is 0 Å². The van der Waals surface area contributed by atoms with E-state index in [9.17, 15) is 4.39 Å². The molecule has 4 heteroatoms. The minimum Gasteiger partial charge on any atom is -0.352 e. The zero-order valence-electron chi connectivity index (χ0n) is 9.22. The molecule has 0 saturated heterocycles. The molecular weight excluding hydrogens is 223 g/mol. The van der Waals surface area contributed by atoms with E-state index in [0.29, 0.717) is 5.82 Å². The molecule has 0 bridgehead atoms. The first-order valence-electron chi connectivity index (χ1n) is 5.07. The van der Waals surface area contributed by atoms with Crippen LogP contribution in [0.2, 0.25) is 0 Å². The molecule has 2 aromatic rings. The maximum Gasteiger partial charge on any atom is 0.214 e. The fourth-order valence-electron chi connectivity index (χ4n) is 1.51. The first-order chi connectivity index (χ1) is 7.68. The second-order valence-corrected chi connectivity index (χ2v) is 4.60. The summed E-state index contributed by atoms with van der Waals surface area (Å²) in [5.74, 6) is 0.212. The molecule has 0 amide bonds. The van der Waals surface area contributed by atoms with Gasteiger partial charge in [-0.1, -0.05) is 12.1 Å². The van der Waals surface area contributed by atoms with Crippen LogP contribution in [-0.2, 0) is 0 Å². The molecular formula is C12H13FN2S. The van der Waals surface area contributed by atoms with Gasteiger partial charge in [0.2, 0.25) is 5.95 Å². The summed E-state index contributed by atoms with van der Waals surface area (Å²) in [7, 11) is 1.92. The van der Waals surface area contributed by atoms with Crippen LogP contribution >= 0.6 is 11.3 Å². The normalized spacial score (nSPS) is 12.4. The first-order valence-corrected chi connectivity index (χ1v) is 5.95. The van der Waals surface area contributed by atoms with E-state index in [0.717, 1.165) is 0 Å². The third-order valence-corrected chi connectivity index (χ3v) is 3.64. The largest absolute Gasteiger partial charge is 0.352 e. The number of aromatic nitrogens is 1. The highest BCUT2D eigenvalue weighted by molar-refractivity contribution is 7.10. The maximum atomic E-state index is 13.0. The lowest BCUT2D eigenvalue weighted by atomic mass is 10.2. The van der Waals surface area contributed by atoms with Crippen molar-refractivity contribution in [1.82, 2.24) is 4.98 Å². The van der Waals surface area contributed by atoms with Crippen LogP contribution in [0.15, 0.2) is 35.7 Å². The van der Waals surface area contributed by atoms with Crippen LogP contribution in [0.4, 0.5) is 10.2 Å². The summed E-state index contributed by atoms with van der Waals surface area (Å²) in [6.45, 7) is 2.08. The van der Waals surface area contributed by atoms with Crippen LogP contribution in [0.25, 0.3) is 0 Å². The van der Waals surface area contributed by atoms with E-state index in [4.69, 9.17) is 0 Å². The fourth-order valence-corrected chi connectivity index (χ4v) is 2.34. The van der Waals surface area contributed by atoms with Crippen molar-refractivity contribution in [3.05, 3.63) is 46.5 Å². The predicted octanol–water partition coefficient (Wildman–Crippen LogP) is 3.48. The summed E-state index contributed by atoms with van der Waals surface area (Å²) < 4.78 is 13.0. The number of pyridine rings is 1. The quantitative estimate of drug-likeness (QED) is 0.758. The van der Waals surface area contributed by atoms with E-state index in [1.54, 1.807) is 17.4 Å². The summed E-state index contributed by atoms with van der Waals surface area (Å²) in [6, 6.07) is 9.14. The number of nitrogens with zero attached hydrogens (tertiary/aromatic N) is 2. The van der Waals surface area contributed by atoms with Crippen molar-refractivity contribution in [3.63, 3.8) is 0 Å². The Kier molecular flexibility index (Phi) is 3.19. The molecule has 2 rings (SSSR count). The fraction of sp³-hybridized carbons (Fsp3) is 0.250. The number of thiophene rings is 1. The van der Waals surface area contributed by atoms with Crippen molar-refractivity contribution in [2.75, 3.05) is 11.9 Å². The molecule has 0 aliphatic rings. The Morgan fingerprint density at radius 2 is 2.12 bits per heavy atom. The maximum absolute atomic E-state index is 13.0. The van der Waals surface area contributed by atoms with Crippen LogP contribution in [0.3, 0.4) is 0 Å². The van der Waals surface area contributed by atoms with Crippen molar-refractivity contribution in [3.8, 4) is 0 Å².